The maximum Gasteiger partial charge on any atom is 0.261 e. The molecule has 6 nitrogen and oxygen atoms in total. The van der Waals surface area contributed by atoms with Crippen molar-refractivity contribution < 1.29 is 13.2 Å². The Labute approximate surface area is 186 Å². The molecule has 0 bridgehead atoms. The Balaban J connectivity index is 1.53. The highest BCUT2D eigenvalue weighted by Crippen LogP contribution is 2.28. The molecule has 0 radical (unpaired) electrons. The van der Waals surface area contributed by atoms with E-state index >= 15 is 0 Å². The van der Waals surface area contributed by atoms with Crippen LogP contribution in [0.3, 0.4) is 0 Å². The van der Waals surface area contributed by atoms with E-state index in [4.69, 9.17) is 23.2 Å². The van der Waals surface area contributed by atoms with E-state index in [0.29, 0.717) is 15.2 Å². The number of amides is 1. The number of benzene rings is 3. The molecule has 0 atom stereocenters. The molecule has 30 heavy (non-hydrogen) atoms. The van der Waals surface area contributed by atoms with Gasteiger partial charge in [-0.2, -0.15) is 0 Å². The third-order valence-electron chi connectivity index (χ3n) is 4.07. The van der Waals surface area contributed by atoms with Crippen molar-refractivity contribution >= 4 is 71.5 Å². The minimum atomic E-state index is -3.82. The summed E-state index contributed by atoms with van der Waals surface area (Å²) in [6, 6.07) is 17.2. The molecule has 0 aliphatic rings. The van der Waals surface area contributed by atoms with E-state index in [-0.39, 0.29) is 16.1 Å². The van der Waals surface area contributed by atoms with Crippen LogP contribution in [0.1, 0.15) is 10.4 Å². The molecule has 0 aliphatic carbocycles. The average Bonchev–Trinajstić information content (AvgIpc) is 3.09. The average molecular weight is 478 g/mol. The number of thiazole rings is 1. The standard InChI is InChI=1S/C20H13Cl2N3O3S2/c21-13-4-7-16(8-5-13)30(27,28)25-15-3-1-2-12(10-15)19(26)24-20-23-17-9-6-14(22)11-18(17)29-20/h1-11,25H,(H,23,24,26). The number of hydrogen-bond acceptors (Lipinski definition) is 5. The summed E-state index contributed by atoms with van der Waals surface area (Å²) >= 11 is 13.1. The summed E-state index contributed by atoms with van der Waals surface area (Å²) < 4.78 is 28.4. The molecule has 0 aliphatic heterocycles. The lowest BCUT2D eigenvalue weighted by Gasteiger charge is -2.09. The minimum Gasteiger partial charge on any atom is -0.298 e. The predicted molar refractivity (Wildman–Crippen MR) is 121 cm³/mol. The van der Waals surface area contributed by atoms with Crippen LogP contribution >= 0.6 is 34.5 Å². The Bertz CT molecular complexity index is 1350. The number of nitrogens with one attached hydrogen (secondary N) is 2. The van der Waals surface area contributed by atoms with Crippen molar-refractivity contribution in [3.05, 3.63) is 82.3 Å². The number of fused-ring (bicyclic) bond motifs is 1. The Kier molecular flexibility index (Phi) is 5.66. The van der Waals surface area contributed by atoms with Crippen molar-refractivity contribution in [3.8, 4) is 0 Å². The first-order chi connectivity index (χ1) is 14.3. The van der Waals surface area contributed by atoms with Crippen LogP contribution in [0.5, 0.6) is 0 Å². The number of halogens is 2. The first-order valence-electron chi connectivity index (χ1n) is 8.56. The third kappa shape index (κ3) is 4.57. The maximum atomic E-state index is 12.6. The number of aromatic nitrogens is 1. The fourth-order valence-electron chi connectivity index (χ4n) is 2.67. The topological polar surface area (TPSA) is 88.2 Å². The van der Waals surface area contributed by atoms with Gasteiger partial charge in [-0.1, -0.05) is 40.6 Å². The van der Waals surface area contributed by atoms with Gasteiger partial charge in [-0.25, -0.2) is 13.4 Å². The molecule has 152 valence electrons. The summed E-state index contributed by atoms with van der Waals surface area (Å²) in [6.45, 7) is 0. The van der Waals surface area contributed by atoms with Gasteiger partial charge in [-0.3, -0.25) is 14.8 Å². The van der Waals surface area contributed by atoms with Gasteiger partial charge >= 0.3 is 0 Å². The molecule has 0 unspecified atom stereocenters. The zero-order chi connectivity index (χ0) is 21.3. The zero-order valence-corrected chi connectivity index (χ0v) is 18.2. The van der Waals surface area contributed by atoms with E-state index in [9.17, 15) is 13.2 Å². The number of sulfonamides is 1. The molecule has 3 aromatic carbocycles. The van der Waals surface area contributed by atoms with Gasteiger partial charge in [0.25, 0.3) is 15.9 Å². The zero-order valence-electron chi connectivity index (χ0n) is 15.1. The van der Waals surface area contributed by atoms with Crippen molar-refractivity contribution in [2.45, 2.75) is 4.90 Å². The first-order valence-corrected chi connectivity index (χ1v) is 11.6. The smallest absolute Gasteiger partial charge is 0.261 e. The molecule has 0 fully saturated rings. The third-order valence-corrected chi connectivity index (χ3v) is 6.89. The van der Waals surface area contributed by atoms with Crippen molar-refractivity contribution in [2.75, 3.05) is 10.0 Å². The summed E-state index contributed by atoms with van der Waals surface area (Å²) in [5, 5.41) is 4.17. The highest BCUT2D eigenvalue weighted by atomic mass is 35.5. The van der Waals surface area contributed by atoms with Crippen molar-refractivity contribution in [2.24, 2.45) is 0 Å². The van der Waals surface area contributed by atoms with Gasteiger partial charge in [0, 0.05) is 21.3 Å². The van der Waals surface area contributed by atoms with Crippen molar-refractivity contribution in [1.29, 1.82) is 0 Å². The lowest BCUT2D eigenvalue weighted by atomic mass is 10.2. The predicted octanol–water partition coefficient (Wildman–Crippen LogP) is 5.66. The van der Waals surface area contributed by atoms with E-state index in [1.807, 2.05) is 0 Å². The van der Waals surface area contributed by atoms with Crippen LogP contribution in [0.15, 0.2) is 71.6 Å². The second-order valence-corrected chi connectivity index (χ2v) is 9.81. The van der Waals surface area contributed by atoms with Crippen molar-refractivity contribution in [1.82, 2.24) is 4.98 Å². The molecular formula is C20H13Cl2N3O3S2. The number of carbonyl (C=O) groups is 1. The highest BCUT2D eigenvalue weighted by molar-refractivity contribution is 7.92. The summed E-state index contributed by atoms with van der Waals surface area (Å²) in [7, 11) is -3.82. The molecule has 4 aromatic rings. The van der Waals surface area contributed by atoms with Crippen LogP contribution in [0.2, 0.25) is 10.0 Å². The summed E-state index contributed by atoms with van der Waals surface area (Å²) in [6.07, 6.45) is 0. The SMILES string of the molecule is O=C(Nc1nc2ccc(Cl)cc2s1)c1cccc(NS(=O)(=O)c2ccc(Cl)cc2)c1. The minimum absolute atomic E-state index is 0.0647. The lowest BCUT2D eigenvalue weighted by Crippen LogP contribution is -2.15. The second kappa shape index (κ2) is 8.23. The van der Waals surface area contributed by atoms with Crippen LogP contribution in [-0.2, 0) is 10.0 Å². The van der Waals surface area contributed by atoms with Gasteiger partial charge in [0.2, 0.25) is 0 Å². The Hall–Kier alpha value is -2.65. The largest absolute Gasteiger partial charge is 0.298 e. The molecule has 2 N–H and O–H groups in total. The number of carbonyl (C=O) groups excluding carboxylic acids is 1. The number of anilines is 2. The summed E-state index contributed by atoms with van der Waals surface area (Å²) in [4.78, 5) is 17.0. The normalized spacial score (nSPS) is 11.4. The molecule has 0 saturated heterocycles. The number of hydrogen-bond donors (Lipinski definition) is 2. The maximum absolute atomic E-state index is 12.6. The van der Waals surface area contributed by atoms with Crippen LogP contribution in [0, 0.1) is 0 Å². The van der Waals surface area contributed by atoms with E-state index in [1.165, 1.54) is 41.7 Å². The van der Waals surface area contributed by atoms with E-state index < -0.39 is 15.9 Å². The van der Waals surface area contributed by atoms with E-state index in [1.54, 1.807) is 36.4 Å². The quantitative estimate of drug-likeness (QED) is 0.388. The molecule has 1 amide bonds. The van der Waals surface area contributed by atoms with E-state index in [0.717, 1.165) is 10.2 Å². The fourth-order valence-corrected chi connectivity index (χ4v) is 4.99. The Morgan fingerprint density at radius 2 is 1.67 bits per heavy atom. The summed E-state index contributed by atoms with van der Waals surface area (Å²) in [5.74, 6) is -0.410. The Morgan fingerprint density at radius 3 is 2.43 bits per heavy atom. The highest BCUT2D eigenvalue weighted by Gasteiger charge is 2.16. The molecule has 1 aromatic heterocycles. The van der Waals surface area contributed by atoms with Gasteiger partial charge in [0.1, 0.15) is 0 Å². The first kappa shape index (κ1) is 20.6. The fraction of sp³-hybridized carbons (Fsp3) is 0. The molecule has 0 spiro atoms. The molecule has 10 heteroatoms. The number of nitrogens with zero attached hydrogens (tertiary/aromatic N) is 1. The second-order valence-electron chi connectivity index (χ2n) is 6.23. The van der Waals surface area contributed by atoms with Crippen LogP contribution in [0.4, 0.5) is 10.8 Å². The van der Waals surface area contributed by atoms with Crippen LogP contribution in [-0.4, -0.2) is 19.3 Å². The van der Waals surface area contributed by atoms with Crippen molar-refractivity contribution in [3.63, 3.8) is 0 Å². The van der Waals surface area contributed by atoms with Gasteiger partial charge in [0.05, 0.1) is 15.1 Å². The van der Waals surface area contributed by atoms with Gasteiger partial charge in [0.15, 0.2) is 5.13 Å². The molecule has 1 heterocycles. The van der Waals surface area contributed by atoms with Gasteiger partial charge in [-0.15, -0.1) is 0 Å². The van der Waals surface area contributed by atoms with E-state index in [2.05, 4.69) is 15.0 Å². The Morgan fingerprint density at radius 1 is 0.933 bits per heavy atom. The molecule has 4 rings (SSSR count). The molecular weight excluding hydrogens is 465 g/mol. The number of rotatable bonds is 5. The lowest BCUT2D eigenvalue weighted by molar-refractivity contribution is 0.102. The summed E-state index contributed by atoms with van der Waals surface area (Å²) in [5.41, 5.74) is 1.27. The van der Waals surface area contributed by atoms with Crippen LogP contribution in [0.25, 0.3) is 10.2 Å². The molecule has 0 saturated carbocycles. The monoisotopic (exact) mass is 477 g/mol. The van der Waals surface area contributed by atoms with Gasteiger partial charge < -0.3 is 0 Å². The van der Waals surface area contributed by atoms with Crippen LogP contribution < -0.4 is 10.0 Å². The van der Waals surface area contributed by atoms with Gasteiger partial charge in [-0.05, 0) is 60.7 Å².